The normalized spacial score (nSPS) is 26.6. The molecule has 2 aliphatic rings. The lowest BCUT2D eigenvalue weighted by Crippen LogP contribution is -2.41. The molecule has 98 valence electrons. The van der Waals surface area contributed by atoms with E-state index in [2.05, 4.69) is 0 Å². The minimum absolute atomic E-state index is 0.156. The third-order valence-corrected chi connectivity index (χ3v) is 3.31. The Balaban J connectivity index is 1.93. The lowest BCUT2D eigenvalue weighted by molar-refractivity contribution is -0.155. The first kappa shape index (κ1) is 12.8. The smallest absolute Gasteiger partial charge is 0.332 e. The fraction of sp³-hybridized carbons (Fsp3) is 0.750. The van der Waals surface area contributed by atoms with Crippen LogP contribution in [0.25, 0.3) is 0 Å². The van der Waals surface area contributed by atoms with Gasteiger partial charge in [0.05, 0.1) is 12.5 Å². The van der Waals surface area contributed by atoms with Gasteiger partial charge < -0.3 is 14.7 Å². The summed E-state index contributed by atoms with van der Waals surface area (Å²) >= 11 is 0. The zero-order valence-corrected chi connectivity index (χ0v) is 10.0. The van der Waals surface area contributed by atoms with Crippen LogP contribution in [0.2, 0.25) is 0 Å². The van der Waals surface area contributed by atoms with Crippen molar-refractivity contribution in [3.8, 4) is 6.07 Å². The Morgan fingerprint density at radius 3 is 2.44 bits per heavy atom. The van der Waals surface area contributed by atoms with Gasteiger partial charge in [0.25, 0.3) is 5.91 Å². The fourth-order valence-electron chi connectivity index (χ4n) is 2.21. The molecule has 1 saturated carbocycles. The monoisotopic (exact) mass is 252 g/mol. The third kappa shape index (κ3) is 2.79. The van der Waals surface area contributed by atoms with E-state index >= 15 is 0 Å². The minimum Gasteiger partial charge on any atom is -0.479 e. The zero-order chi connectivity index (χ0) is 13.1. The first-order chi connectivity index (χ1) is 8.63. The lowest BCUT2D eigenvalue weighted by atomic mass is 10.1. The van der Waals surface area contributed by atoms with E-state index in [0.29, 0.717) is 25.8 Å². The second-order valence-electron chi connectivity index (χ2n) is 4.70. The van der Waals surface area contributed by atoms with Crippen LogP contribution in [0.1, 0.15) is 32.1 Å². The van der Waals surface area contributed by atoms with Crippen molar-refractivity contribution in [3.63, 3.8) is 0 Å². The highest BCUT2D eigenvalue weighted by molar-refractivity contribution is 5.83. The number of aliphatic carboxylic acids is 1. The molecular formula is C12H16N2O4. The molecule has 2 atom stereocenters. The van der Waals surface area contributed by atoms with Gasteiger partial charge in [-0.3, -0.25) is 4.79 Å². The summed E-state index contributed by atoms with van der Waals surface area (Å²) in [7, 11) is 0. The lowest BCUT2D eigenvalue weighted by Gasteiger charge is -2.24. The molecule has 18 heavy (non-hydrogen) atoms. The molecule has 2 rings (SSSR count). The molecule has 1 saturated heterocycles. The predicted molar refractivity (Wildman–Crippen MR) is 60.5 cm³/mol. The Morgan fingerprint density at radius 1 is 1.28 bits per heavy atom. The number of hydrogen-bond acceptors (Lipinski definition) is 4. The van der Waals surface area contributed by atoms with Crippen molar-refractivity contribution in [3.05, 3.63) is 0 Å². The minimum atomic E-state index is -1.01. The molecule has 0 aromatic heterocycles. The second kappa shape index (κ2) is 5.36. The first-order valence-electron chi connectivity index (χ1n) is 6.19. The summed E-state index contributed by atoms with van der Waals surface area (Å²) in [6, 6.07) is 2.25. The van der Waals surface area contributed by atoms with Gasteiger partial charge in [0.15, 0.2) is 6.10 Å². The van der Waals surface area contributed by atoms with Gasteiger partial charge in [-0.25, -0.2) is 4.79 Å². The summed E-state index contributed by atoms with van der Waals surface area (Å²) in [6.45, 7) is 0.414. The molecule has 1 aliphatic carbocycles. The molecule has 2 fully saturated rings. The maximum absolute atomic E-state index is 12.2. The van der Waals surface area contributed by atoms with Crippen molar-refractivity contribution in [1.29, 1.82) is 5.26 Å². The van der Waals surface area contributed by atoms with Crippen LogP contribution in [0.5, 0.6) is 0 Å². The van der Waals surface area contributed by atoms with Gasteiger partial charge in [-0.1, -0.05) is 0 Å². The van der Waals surface area contributed by atoms with Crippen LogP contribution in [-0.2, 0) is 14.3 Å². The van der Waals surface area contributed by atoms with Crippen LogP contribution >= 0.6 is 0 Å². The average molecular weight is 252 g/mol. The van der Waals surface area contributed by atoms with Crippen molar-refractivity contribution < 1.29 is 19.4 Å². The molecule has 0 spiro atoms. The molecule has 2 unspecified atom stereocenters. The van der Waals surface area contributed by atoms with Gasteiger partial charge in [0, 0.05) is 12.6 Å². The van der Waals surface area contributed by atoms with Gasteiger partial charge in [-0.2, -0.15) is 5.26 Å². The van der Waals surface area contributed by atoms with E-state index in [9.17, 15) is 9.59 Å². The van der Waals surface area contributed by atoms with E-state index in [1.54, 1.807) is 4.90 Å². The van der Waals surface area contributed by atoms with Crippen LogP contribution in [-0.4, -0.2) is 46.7 Å². The topological polar surface area (TPSA) is 90.6 Å². The first-order valence-corrected chi connectivity index (χ1v) is 6.19. The van der Waals surface area contributed by atoms with Gasteiger partial charge in [-0.05, 0) is 25.7 Å². The number of nitriles is 1. The van der Waals surface area contributed by atoms with Gasteiger partial charge in [0.2, 0.25) is 0 Å². The zero-order valence-electron chi connectivity index (χ0n) is 10.0. The summed E-state index contributed by atoms with van der Waals surface area (Å²) in [5.41, 5.74) is 0. The maximum Gasteiger partial charge on any atom is 0.332 e. The Morgan fingerprint density at radius 2 is 1.94 bits per heavy atom. The molecule has 1 amide bonds. The number of ether oxygens (including phenoxy) is 1. The number of carbonyl (C=O) groups is 2. The Bertz CT molecular complexity index is 386. The molecule has 6 nitrogen and oxygen atoms in total. The molecule has 1 N–H and O–H groups in total. The fourth-order valence-corrected chi connectivity index (χ4v) is 2.21. The standard InChI is InChI=1S/C12H16N2O4/c13-6-1-7-14(8-2-3-8)11(15)9-4-5-10(18-9)12(16)17/h8-10H,1-5,7H2,(H,16,17). The molecule has 0 aromatic rings. The van der Waals surface area contributed by atoms with Gasteiger partial charge in [-0.15, -0.1) is 0 Å². The molecule has 1 heterocycles. The summed E-state index contributed by atoms with van der Waals surface area (Å²) in [5.74, 6) is -1.17. The van der Waals surface area contributed by atoms with E-state index in [0.717, 1.165) is 12.8 Å². The number of carboxylic acid groups (broad SMARTS) is 1. The van der Waals surface area contributed by atoms with Crippen LogP contribution in [0.15, 0.2) is 0 Å². The SMILES string of the molecule is N#CCCN(C(=O)C1CCC(C(=O)O)O1)C1CC1. The van der Waals surface area contributed by atoms with Crippen LogP contribution < -0.4 is 0 Å². The highest BCUT2D eigenvalue weighted by atomic mass is 16.5. The number of carboxylic acids is 1. The van der Waals surface area contributed by atoms with Crippen LogP contribution in [0, 0.1) is 11.3 Å². The molecule has 0 bridgehead atoms. The van der Waals surface area contributed by atoms with E-state index in [4.69, 9.17) is 15.1 Å². The number of rotatable bonds is 5. The molecular weight excluding hydrogens is 236 g/mol. The number of hydrogen-bond donors (Lipinski definition) is 1. The third-order valence-electron chi connectivity index (χ3n) is 3.31. The van der Waals surface area contributed by atoms with Crippen molar-refractivity contribution in [1.82, 2.24) is 4.90 Å². The highest BCUT2D eigenvalue weighted by Gasteiger charge is 2.40. The second-order valence-corrected chi connectivity index (χ2v) is 4.70. The molecule has 0 aromatic carbocycles. The predicted octanol–water partition coefficient (Wildman–Crippen LogP) is 0.523. The van der Waals surface area contributed by atoms with E-state index < -0.39 is 18.2 Å². The van der Waals surface area contributed by atoms with E-state index in [-0.39, 0.29) is 11.9 Å². The van der Waals surface area contributed by atoms with Crippen LogP contribution in [0.3, 0.4) is 0 Å². The van der Waals surface area contributed by atoms with Crippen LogP contribution in [0.4, 0.5) is 0 Å². The van der Waals surface area contributed by atoms with Crippen molar-refractivity contribution in [2.45, 2.75) is 50.4 Å². The molecule has 6 heteroatoms. The molecule has 1 aliphatic heterocycles. The Kier molecular flexibility index (Phi) is 3.82. The summed E-state index contributed by atoms with van der Waals surface area (Å²) < 4.78 is 5.25. The average Bonchev–Trinajstić information content (AvgIpc) is 3.05. The Hall–Kier alpha value is -1.61. The van der Waals surface area contributed by atoms with Gasteiger partial charge >= 0.3 is 5.97 Å². The maximum atomic E-state index is 12.2. The van der Waals surface area contributed by atoms with E-state index in [1.807, 2.05) is 6.07 Å². The Labute approximate surface area is 105 Å². The number of carbonyl (C=O) groups excluding carboxylic acids is 1. The van der Waals surface area contributed by atoms with Crippen molar-refractivity contribution in [2.24, 2.45) is 0 Å². The highest BCUT2D eigenvalue weighted by Crippen LogP contribution is 2.30. The summed E-state index contributed by atoms with van der Waals surface area (Å²) in [4.78, 5) is 24.6. The van der Waals surface area contributed by atoms with E-state index in [1.165, 1.54) is 0 Å². The number of nitrogens with zero attached hydrogens (tertiary/aromatic N) is 2. The van der Waals surface area contributed by atoms with Crippen molar-refractivity contribution >= 4 is 11.9 Å². The largest absolute Gasteiger partial charge is 0.479 e. The van der Waals surface area contributed by atoms with Crippen molar-refractivity contribution in [2.75, 3.05) is 6.54 Å². The van der Waals surface area contributed by atoms with Gasteiger partial charge in [0.1, 0.15) is 6.10 Å². The summed E-state index contributed by atoms with van der Waals surface area (Å²) in [5, 5.41) is 17.4. The summed E-state index contributed by atoms with van der Waals surface area (Å²) in [6.07, 6.45) is 1.55. The molecule has 0 radical (unpaired) electrons. The quantitative estimate of drug-likeness (QED) is 0.770. The number of amides is 1.